The van der Waals surface area contributed by atoms with Gasteiger partial charge in [-0.05, 0) is 75.0 Å². The highest BCUT2D eigenvalue weighted by Crippen LogP contribution is 2.67. The molecular weight excluding hydrogens is 346 g/mol. The Kier molecular flexibility index (Phi) is 4.26. The highest BCUT2D eigenvalue weighted by molar-refractivity contribution is 5.93. The van der Waals surface area contributed by atoms with Crippen molar-refractivity contribution in [1.29, 1.82) is 0 Å². The Balaban J connectivity index is 1.46. The number of allylic oxidation sites excluding steroid dienone is 2. The molecule has 0 amide bonds. The molecule has 1 N–H and O–H groups in total. The first kappa shape index (κ1) is 19.0. The summed E-state index contributed by atoms with van der Waals surface area (Å²) in [7, 11) is 0. The van der Waals surface area contributed by atoms with Gasteiger partial charge >= 0.3 is 0 Å². The van der Waals surface area contributed by atoms with Crippen LogP contribution in [0.25, 0.3) is 0 Å². The number of hydrogen-bond donors (Lipinski definition) is 1. The summed E-state index contributed by atoms with van der Waals surface area (Å²) in [5.74, 6) is 1.94. The lowest BCUT2D eigenvalue weighted by Gasteiger charge is -2.58. The van der Waals surface area contributed by atoms with Crippen LogP contribution in [-0.4, -0.2) is 39.9 Å². The fraction of sp³-hybridized carbons (Fsp3) is 0.840. The lowest BCUT2D eigenvalue weighted by Crippen LogP contribution is -2.57. The van der Waals surface area contributed by atoms with E-state index in [9.17, 15) is 9.90 Å². The van der Waals surface area contributed by atoms with Crippen LogP contribution in [0.1, 0.15) is 85.0 Å². The summed E-state index contributed by atoms with van der Waals surface area (Å²) in [6.07, 6.45) is 14.2. The number of carbonyl (C=O) groups is 1. The molecule has 1 aliphatic heterocycles. The molecule has 0 unspecified atom stereocenters. The molecule has 0 spiro atoms. The van der Waals surface area contributed by atoms with Crippen molar-refractivity contribution >= 4 is 11.5 Å². The smallest absolute Gasteiger partial charge is 0.175 e. The van der Waals surface area contributed by atoms with Gasteiger partial charge in [0.2, 0.25) is 0 Å². The number of fused-ring (bicyclic) bond motifs is 5. The van der Waals surface area contributed by atoms with Crippen molar-refractivity contribution in [1.82, 2.24) is 0 Å². The average Bonchev–Trinajstić information content (AvgIpc) is 3.29. The van der Waals surface area contributed by atoms with Crippen LogP contribution >= 0.6 is 0 Å². The van der Waals surface area contributed by atoms with Crippen LogP contribution in [0.4, 0.5) is 0 Å². The maximum absolute atomic E-state index is 12.4. The molecule has 28 heavy (non-hydrogen) atoms. The summed E-state index contributed by atoms with van der Waals surface area (Å²) < 4.78 is 2.64. The SMILES string of the molecule is CC(=O)[C@@]1(O)CC[C@H]2[C@@H]3CCC4=CC(=[N+]5CCCC5)CC[C@]4(C)[C@H]3CC[C@@]21C. The summed E-state index contributed by atoms with van der Waals surface area (Å²) in [5, 5.41) is 11.3. The number of nitrogens with zero attached hydrogens (tertiary/aromatic N) is 1. The van der Waals surface area contributed by atoms with Crippen molar-refractivity contribution < 1.29 is 14.5 Å². The second-order valence-electron chi connectivity index (χ2n) is 11.1. The molecular formula is C25H38NO2+. The van der Waals surface area contributed by atoms with E-state index in [0.717, 1.165) is 18.8 Å². The minimum absolute atomic E-state index is 0.000998. The van der Waals surface area contributed by atoms with Gasteiger partial charge in [-0.15, -0.1) is 0 Å². The van der Waals surface area contributed by atoms with Gasteiger partial charge in [-0.3, -0.25) is 4.79 Å². The fourth-order valence-corrected chi connectivity index (χ4v) is 8.42. The van der Waals surface area contributed by atoms with Crippen LogP contribution in [0.5, 0.6) is 0 Å². The molecule has 0 bridgehead atoms. The molecule has 1 saturated heterocycles. The number of Topliss-reactive ketones (excluding diaryl/α,β-unsaturated/α-hetero) is 1. The zero-order valence-corrected chi connectivity index (χ0v) is 18.1. The topological polar surface area (TPSA) is 40.3 Å². The monoisotopic (exact) mass is 384 g/mol. The van der Waals surface area contributed by atoms with E-state index in [1.807, 2.05) is 0 Å². The third-order valence-corrected chi connectivity index (χ3v) is 10.2. The molecule has 3 heteroatoms. The lowest BCUT2D eigenvalue weighted by atomic mass is 9.46. The molecule has 3 saturated carbocycles. The normalized spacial score (nSPS) is 48.0. The van der Waals surface area contributed by atoms with Crippen LogP contribution < -0.4 is 0 Å². The third-order valence-electron chi connectivity index (χ3n) is 10.2. The van der Waals surface area contributed by atoms with Gasteiger partial charge in [-0.2, -0.15) is 0 Å². The van der Waals surface area contributed by atoms with Gasteiger partial charge in [0, 0.05) is 30.8 Å². The Labute approximate surface area is 170 Å². The lowest BCUT2D eigenvalue weighted by molar-refractivity contribution is -0.506. The summed E-state index contributed by atoms with van der Waals surface area (Å²) >= 11 is 0. The Hall–Kier alpha value is -0.960. The van der Waals surface area contributed by atoms with Crippen molar-refractivity contribution in [2.45, 2.75) is 90.6 Å². The first-order chi connectivity index (χ1) is 13.3. The van der Waals surface area contributed by atoms with Gasteiger partial charge in [0.25, 0.3) is 0 Å². The molecule has 0 aromatic carbocycles. The van der Waals surface area contributed by atoms with Gasteiger partial charge in [-0.1, -0.05) is 19.4 Å². The summed E-state index contributed by atoms with van der Waals surface area (Å²) in [6, 6.07) is 0. The quantitative estimate of drug-likeness (QED) is 0.676. The molecule has 6 atom stereocenters. The number of rotatable bonds is 1. The van der Waals surface area contributed by atoms with Crippen LogP contribution in [0.15, 0.2) is 11.6 Å². The van der Waals surface area contributed by atoms with E-state index in [4.69, 9.17) is 0 Å². The molecule has 3 nitrogen and oxygen atoms in total. The highest BCUT2D eigenvalue weighted by Gasteiger charge is 2.65. The Bertz CT molecular complexity index is 759. The van der Waals surface area contributed by atoms with Gasteiger partial charge in [0.15, 0.2) is 11.5 Å². The van der Waals surface area contributed by atoms with Crippen LogP contribution in [0, 0.1) is 28.6 Å². The van der Waals surface area contributed by atoms with Gasteiger partial charge in [0.1, 0.15) is 18.7 Å². The van der Waals surface area contributed by atoms with E-state index in [2.05, 4.69) is 24.5 Å². The number of hydrogen-bond acceptors (Lipinski definition) is 2. The molecule has 1 heterocycles. The predicted octanol–water partition coefficient (Wildman–Crippen LogP) is 4.52. The Morgan fingerprint density at radius 1 is 1.04 bits per heavy atom. The van der Waals surface area contributed by atoms with E-state index in [1.165, 1.54) is 58.0 Å². The first-order valence-corrected chi connectivity index (χ1v) is 11.8. The van der Waals surface area contributed by atoms with E-state index >= 15 is 0 Å². The minimum atomic E-state index is -1.08. The van der Waals surface area contributed by atoms with Crippen molar-refractivity contribution in [3.63, 3.8) is 0 Å². The third kappa shape index (κ3) is 2.38. The van der Waals surface area contributed by atoms with Crippen LogP contribution in [0.3, 0.4) is 0 Å². The number of aliphatic hydroxyl groups is 1. The maximum atomic E-state index is 12.4. The van der Waals surface area contributed by atoms with E-state index in [1.54, 1.807) is 18.2 Å². The molecule has 154 valence electrons. The molecule has 5 aliphatic rings. The second-order valence-corrected chi connectivity index (χ2v) is 11.1. The van der Waals surface area contributed by atoms with Crippen molar-refractivity contribution in [3.05, 3.63) is 11.6 Å². The van der Waals surface area contributed by atoms with Crippen LogP contribution in [-0.2, 0) is 4.79 Å². The predicted molar refractivity (Wildman–Crippen MR) is 112 cm³/mol. The van der Waals surface area contributed by atoms with E-state index < -0.39 is 5.60 Å². The van der Waals surface area contributed by atoms with Crippen LogP contribution in [0.2, 0.25) is 0 Å². The van der Waals surface area contributed by atoms with E-state index in [0.29, 0.717) is 23.7 Å². The molecule has 5 rings (SSSR count). The van der Waals surface area contributed by atoms with Crippen molar-refractivity contribution in [2.75, 3.05) is 13.1 Å². The van der Waals surface area contributed by atoms with Crippen molar-refractivity contribution in [3.8, 4) is 0 Å². The molecule has 4 aliphatic carbocycles. The number of carbonyl (C=O) groups excluding carboxylic acids is 1. The number of ketones is 1. The van der Waals surface area contributed by atoms with Gasteiger partial charge in [-0.25, -0.2) is 4.58 Å². The zero-order chi connectivity index (χ0) is 19.7. The first-order valence-electron chi connectivity index (χ1n) is 11.8. The molecule has 0 aromatic heterocycles. The largest absolute Gasteiger partial charge is 0.382 e. The maximum Gasteiger partial charge on any atom is 0.175 e. The fourth-order valence-electron chi connectivity index (χ4n) is 8.42. The molecule has 4 fully saturated rings. The highest BCUT2D eigenvalue weighted by atomic mass is 16.3. The molecule has 0 radical (unpaired) electrons. The Morgan fingerprint density at radius 3 is 2.46 bits per heavy atom. The summed E-state index contributed by atoms with van der Waals surface area (Å²) in [4.78, 5) is 12.4. The van der Waals surface area contributed by atoms with Gasteiger partial charge in [0.05, 0.1) is 0 Å². The van der Waals surface area contributed by atoms with E-state index in [-0.39, 0.29) is 11.2 Å². The standard InChI is InChI=1S/C25H38NO2/c1-17(27)25(28)13-10-22-20-7-6-18-16-19(26-14-4-5-15-26)8-11-23(18,2)21(20)9-12-24(22,25)3/h16,20-22,28H,4-15H2,1-3H3/q+1/t20-,21+,22+,23+,24+,25+/m1/s1. The second kappa shape index (κ2) is 6.27. The average molecular weight is 385 g/mol. The molecule has 0 aromatic rings. The minimum Gasteiger partial charge on any atom is -0.382 e. The zero-order valence-electron chi connectivity index (χ0n) is 18.1. The van der Waals surface area contributed by atoms with Gasteiger partial charge < -0.3 is 5.11 Å². The Morgan fingerprint density at radius 2 is 1.75 bits per heavy atom. The summed E-state index contributed by atoms with van der Waals surface area (Å²) in [6.45, 7) is 8.90. The van der Waals surface area contributed by atoms with Crippen molar-refractivity contribution in [2.24, 2.45) is 28.6 Å². The summed E-state index contributed by atoms with van der Waals surface area (Å²) in [5.41, 5.74) is 2.37.